The lowest BCUT2D eigenvalue weighted by molar-refractivity contribution is 0.0551. The molecule has 2 atom stereocenters. The summed E-state index contributed by atoms with van der Waals surface area (Å²) in [6, 6.07) is 0. The van der Waals surface area contributed by atoms with Crippen LogP contribution in [0, 0.1) is 5.92 Å². The Morgan fingerprint density at radius 1 is 1.25 bits per heavy atom. The molecule has 0 radical (unpaired) electrons. The summed E-state index contributed by atoms with van der Waals surface area (Å²) < 4.78 is 4.05. The summed E-state index contributed by atoms with van der Waals surface area (Å²) in [5.74, 6) is 0.272. The molecule has 0 aromatic carbocycles. The van der Waals surface area contributed by atoms with Gasteiger partial charge in [-0.05, 0) is 18.8 Å². The molecule has 0 saturated carbocycles. The Labute approximate surface area is 92.2 Å². The predicted molar refractivity (Wildman–Crippen MR) is 53.5 cm³/mol. The maximum atomic E-state index is 5.89. The Balaban J connectivity index is 2.32. The van der Waals surface area contributed by atoms with E-state index in [1.165, 1.54) is 0 Å². The Hall–Kier alpha value is 1.12. The molecule has 1 rings (SSSR count). The van der Waals surface area contributed by atoms with Crippen LogP contribution in [0.25, 0.3) is 0 Å². The lowest BCUT2D eigenvalue weighted by Crippen LogP contribution is -2.28. The standard InChI is InChI=1S/C7H10Cl4O/c8-6-1-5(3-12-4-6)2-7(9,10)11/h5-6H,1-4H2. The van der Waals surface area contributed by atoms with Crippen LogP contribution < -0.4 is 0 Å². The van der Waals surface area contributed by atoms with Gasteiger partial charge in [0, 0.05) is 6.61 Å². The second-order valence-corrected chi connectivity index (χ2v) is 6.19. The molecule has 5 heteroatoms. The van der Waals surface area contributed by atoms with Crippen LogP contribution in [0.4, 0.5) is 0 Å². The Bertz CT molecular complexity index is 145. The Morgan fingerprint density at radius 2 is 1.92 bits per heavy atom. The zero-order chi connectivity index (χ0) is 9.19. The highest BCUT2D eigenvalue weighted by Crippen LogP contribution is 2.36. The summed E-state index contributed by atoms with van der Waals surface area (Å²) in [7, 11) is 0. The number of alkyl halides is 4. The second-order valence-electron chi connectivity index (χ2n) is 3.06. The molecule has 0 spiro atoms. The molecule has 0 N–H and O–H groups in total. The molecule has 1 aliphatic heterocycles. The molecule has 0 aromatic rings. The van der Waals surface area contributed by atoms with Crippen molar-refractivity contribution < 1.29 is 4.74 Å². The predicted octanol–water partition coefficient (Wildman–Crippen LogP) is 3.39. The largest absolute Gasteiger partial charge is 0.380 e. The van der Waals surface area contributed by atoms with Crippen LogP contribution in [0.5, 0.6) is 0 Å². The van der Waals surface area contributed by atoms with Crippen molar-refractivity contribution in [2.24, 2.45) is 5.92 Å². The summed E-state index contributed by atoms with van der Waals surface area (Å²) in [6.45, 7) is 1.26. The van der Waals surface area contributed by atoms with Gasteiger partial charge in [0.05, 0.1) is 12.0 Å². The molecule has 0 bridgehead atoms. The average molecular weight is 252 g/mol. The van der Waals surface area contributed by atoms with Crippen LogP contribution in [-0.2, 0) is 4.74 Å². The van der Waals surface area contributed by atoms with Gasteiger partial charge >= 0.3 is 0 Å². The molecule has 0 amide bonds. The normalized spacial score (nSPS) is 32.0. The first-order valence-electron chi connectivity index (χ1n) is 3.76. The third-order valence-corrected chi connectivity index (χ3v) is 2.53. The van der Waals surface area contributed by atoms with E-state index in [-0.39, 0.29) is 11.3 Å². The molecule has 0 aromatic heterocycles. The van der Waals surface area contributed by atoms with Crippen molar-refractivity contribution in [2.75, 3.05) is 13.2 Å². The highest BCUT2D eigenvalue weighted by atomic mass is 35.6. The molecule has 1 fully saturated rings. The number of hydrogen-bond acceptors (Lipinski definition) is 1. The average Bonchev–Trinajstić information content (AvgIpc) is 1.82. The van der Waals surface area contributed by atoms with Gasteiger partial charge in [-0.1, -0.05) is 34.8 Å². The van der Waals surface area contributed by atoms with Gasteiger partial charge in [-0.25, -0.2) is 0 Å². The summed E-state index contributed by atoms with van der Waals surface area (Å²) in [5, 5.41) is 0.0658. The maximum absolute atomic E-state index is 5.89. The fraction of sp³-hybridized carbons (Fsp3) is 1.00. The molecule has 0 aliphatic carbocycles. The molecular formula is C7H10Cl4O. The summed E-state index contributed by atoms with van der Waals surface area (Å²) in [6.07, 6.45) is 1.39. The first-order chi connectivity index (χ1) is 5.47. The van der Waals surface area contributed by atoms with E-state index >= 15 is 0 Å². The Morgan fingerprint density at radius 3 is 2.42 bits per heavy atom. The third kappa shape index (κ3) is 4.38. The van der Waals surface area contributed by atoms with E-state index < -0.39 is 3.79 Å². The first kappa shape index (κ1) is 11.2. The van der Waals surface area contributed by atoms with Crippen molar-refractivity contribution >= 4 is 46.4 Å². The second kappa shape index (κ2) is 4.56. The van der Waals surface area contributed by atoms with Crippen molar-refractivity contribution in [2.45, 2.75) is 22.0 Å². The van der Waals surface area contributed by atoms with E-state index in [1.54, 1.807) is 0 Å². The van der Waals surface area contributed by atoms with Gasteiger partial charge in [0.2, 0.25) is 0 Å². The number of halogens is 4. The third-order valence-electron chi connectivity index (χ3n) is 1.76. The van der Waals surface area contributed by atoms with Gasteiger partial charge in [-0.2, -0.15) is 0 Å². The molecule has 72 valence electrons. The van der Waals surface area contributed by atoms with E-state index in [9.17, 15) is 0 Å². The first-order valence-corrected chi connectivity index (χ1v) is 5.33. The summed E-state index contributed by atoms with van der Waals surface area (Å²) in [5.41, 5.74) is 0. The van der Waals surface area contributed by atoms with E-state index in [4.69, 9.17) is 51.1 Å². The minimum absolute atomic E-state index is 0.0658. The smallest absolute Gasteiger partial charge is 0.190 e. The van der Waals surface area contributed by atoms with Crippen molar-refractivity contribution in [3.05, 3.63) is 0 Å². The van der Waals surface area contributed by atoms with E-state index in [0.29, 0.717) is 19.6 Å². The maximum Gasteiger partial charge on any atom is 0.190 e. The molecule has 1 aliphatic rings. The van der Waals surface area contributed by atoms with Crippen molar-refractivity contribution in [3.63, 3.8) is 0 Å². The van der Waals surface area contributed by atoms with Gasteiger partial charge in [0.15, 0.2) is 3.79 Å². The zero-order valence-electron chi connectivity index (χ0n) is 6.40. The molecule has 2 unspecified atom stereocenters. The minimum atomic E-state index is -1.18. The molecule has 1 nitrogen and oxygen atoms in total. The highest BCUT2D eigenvalue weighted by Gasteiger charge is 2.29. The lowest BCUT2D eigenvalue weighted by Gasteiger charge is -2.27. The van der Waals surface area contributed by atoms with Gasteiger partial charge in [0.25, 0.3) is 0 Å². The van der Waals surface area contributed by atoms with Gasteiger partial charge in [-0.15, -0.1) is 11.6 Å². The van der Waals surface area contributed by atoms with Crippen LogP contribution in [-0.4, -0.2) is 22.4 Å². The highest BCUT2D eigenvalue weighted by molar-refractivity contribution is 6.67. The Kier molecular flexibility index (Phi) is 4.26. The van der Waals surface area contributed by atoms with Crippen molar-refractivity contribution in [1.29, 1.82) is 0 Å². The number of rotatable bonds is 1. The van der Waals surface area contributed by atoms with Gasteiger partial charge < -0.3 is 4.74 Å². The van der Waals surface area contributed by atoms with Crippen LogP contribution in [0.2, 0.25) is 0 Å². The van der Waals surface area contributed by atoms with E-state index in [0.717, 1.165) is 6.42 Å². The van der Waals surface area contributed by atoms with Gasteiger partial charge in [-0.3, -0.25) is 0 Å². The fourth-order valence-corrected chi connectivity index (χ4v) is 2.33. The zero-order valence-corrected chi connectivity index (χ0v) is 9.43. The van der Waals surface area contributed by atoms with Crippen molar-refractivity contribution in [3.8, 4) is 0 Å². The van der Waals surface area contributed by atoms with Crippen LogP contribution in [0.3, 0.4) is 0 Å². The monoisotopic (exact) mass is 250 g/mol. The van der Waals surface area contributed by atoms with Crippen LogP contribution in [0.15, 0.2) is 0 Å². The fourth-order valence-electron chi connectivity index (χ4n) is 1.33. The van der Waals surface area contributed by atoms with Crippen molar-refractivity contribution in [1.82, 2.24) is 0 Å². The molecule has 1 heterocycles. The lowest BCUT2D eigenvalue weighted by atomic mass is 9.99. The van der Waals surface area contributed by atoms with Crippen LogP contribution >= 0.6 is 46.4 Å². The minimum Gasteiger partial charge on any atom is -0.380 e. The summed E-state index contributed by atoms with van der Waals surface area (Å²) in [4.78, 5) is 0. The molecular weight excluding hydrogens is 242 g/mol. The molecule has 12 heavy (non-hydrogen) atoms. The van der Waals surface area contributed by atoms with E-state index in [1.807, 2.05) is 0 Å². The van der Waals surface area contributed by atoms with E-state index in [2.05, 4.69) is 0 Å². The topological polar surface area (TPSA) is 9.23 Å². The number of ether oxygens (including phenoxy) is 1. The van der Waals surface area contributed by atoms with Crippen LogP contribution in [0.1, 0.15) is 12.8 Å². The summed E-state index contributed by atoms with van der Waals surface area (Å²) >= 11 is 22.8. The van der Waals surface area contributed by atoms with Gasteiger partial charge in [0.1, 0.15) is 0 Å². The molecule has 1 saturated heterocycles. The number of hydrogen-bond donors (Lipinski definition) is 0. The SMILES string of the molecule is ClC1COCC(CC(Cl)(Cl)Cl)C1. The quantitative estimate of drug-likeness (QED) is 0.650.